The minimum atomic E-state index is -0.560. The molecule has 0 aliphatic carbocycles. The lowest BCUT2D eigenvalue weighted by Gasteiger charge is -2.07. The molecule has 0 aliphatic rings. The van der Waals surface area contributed by atoms with E-state index in [1.54, 1.807) is 12.4 Å². The van der Waals surface area contributed by atoms with Gasteiger partial charge in [-0.2, -0.15) is 5.10 Å². The molecule has 0 aromatic carbocycles. The molecular weight excluding hydrogens is 202 g/mol. The summed E-state index contributed by atoms with van der Waals surface area (Å²) >= 11 is 0. The van der Waals surface area contributed by atoms with Crippen molar-refractivity contribution in [3.63, 3.8) is 0 Å². The van der Waals surface area contributed by atoms with Crippen LogP contribution in [0.3, 0.4) is 0 Å². The molecule has 0 fully saturated rings. The van der Waals surface area contributed by atoms with E-state index in [4.69, 9.17) is 0 Å². The van der Waals surface area contributed by atoms with Crippen LogP contribution in [0.4, 0.5) is 0 Å². The lowest BCUT2D eigenvalue weighted by atomic mass is 10.1. The van der Waals surface area contributed by atoms with Gasteiger partial charge in [-0.3, -0.25) is 9.67 Å². The van der Waals surface area contributed by atoms with Gasteiger partial charge in [-0.05, 0) is 24.6 Å². The van der Waals surface area contributed by atoms with Crippen molar-refractivity contribution in [1.29, 1.82) is 0 Å². The maximum atomic E-state index is 9.96. The van der Waals surface area contributed by atoms with Crippen LogP contribution in [-0.4, -0.2) is 19.9 Å². The van der Waals surface area contributed by atoms with Crippen LogP contribution in [0.5, 0.6) is 0 Å². The number of nitrogens with zero attached hydrogens (tertiary/aromatic N) is 3. The molecule has 0 bridgehead atoms. The van der Waals surface area contributed by atoms with Crippen LogP contribution >= 0.6 is 0 Å². The molecule has 4 heteroatoms. The summed E-state index contributed by atoms with van der Waals surface area (Å²) in [4.78, 5) is 4.12. The van der Waals surface area contributed by atoms with Gasteiger partial charge in [0.15, 0.2) is 0 Å². The standard InChI is InChI=1S/C12H15N3O/c1-2-15-9-10(8-14-15)7-12(16)11-5-3-4-6-13-11/h3-6,8-9,12,16H,2,7H2,1H3. The van der Waals surface area contributed by atoms with Gasteiger partial charge in [0.1, 0.15) is 6.10 Å². The van der Waals surface area contributed by atoms with Crippen molar-refractivity contribution in [3.05, 3.63) is 48.0 Å². The molecule has 2 rings (SSSR count). The van der Waals surface area contributed by atoms with Gasteiger partial charge >= 0.3 is 0 Å². The van der Waals surface area contributed by atoms with Gasteiger partial charge in [-0.25, -0.2) is 0 Å². The molecular formula is C12H15N3O. The van der Waals surface area contributed by atoms with Crippen LogP contribution in [0, 0.1) is 0 Å². The molecule has 1 unspecified atom stereocenters. The highest BCUT2D eigenvalue weighted by Crippen LogP contribution is 2.15. The summed E-state index contributed by atoms with van der Waals surface area (Å²) in [7, 11) is 0. The van der Waals surface area contributed by atoms with Crippen molar-refractivity contribution >= 4 is 0 Å². The van der Waals surface area contributed by atoms with E-state index in [-0.39, 0.29) is 0 Å². The Morgan fingerprint density at radius 1 is 1.44 bits per heavy atom. The number of aryl methyl sites for hydroxylation is 1. The molecule has 84 valence electrons. The minimum absolute atomic E-state index is 0.553. The first-order valence-corrected chi connectivity index (χ1v) is 5.40. The molecule has 2 aromatic heterocycles. The van der Waals surface area contributed by atoms with Crippen molar-refractivity contribution in [1.82, 2.24) is 14.8 Å². The topological polar surface area (TPSA) is 50.9 Å². The summed E-state index contributed by atoms with van der Waals surface area (Å²) in [5.41, 5.74) is 1.73. The normalized spacial score (nSPS) is 12.6. The molecule has 2 heterocycles. The molecule has 1 atom stereocenters. The van der Waals surface area contributed by atoms with Crippen molar-refractivity contribution in [2.45, 2.75) is 26.0 Å². The zero-order valence-corrected chi connectivity index (χ0v) is 9.24. The Labute approximate surface area is 94.6 Å². The Hall–Kier alpha value is -1.68. The molecule has 0 saturated heterocycles. The van der Waals surface area contributed by atoms with Gasteiger partial charge in [0, 0.05) is 25.4 Å². The van der Waals surface area contributed by atoms with Crippen molar-refractivity contribution < 1.29 is 5.11 Å². The van der Waals surface area contributed by atoms with E-state index in [2.05, 4.69) is 10.1 Å². The number of aliphatic hydroxyl groups is 1. The maximum absolute atomic E-state index is 9.96. The predicted octanol–water partition coefficient (Wildman–Crippen LogP) is 1.57. The fourth-order valence-electron chi connectivity index (χ4n) is 1.59. The van der Waals surface area contributed by atoms with E-state index >= 15 is 0 Å². The highest BCUT2D eigenvalue weighted by molar-refractivity contribution is 5.12. The van der Waals surface area contributed by atoms with Crippen LogP contribution in [0.1, 0.15) is 24.3 Å². The summed E-state index contributed by atoms with van der Waals surface area (Å²) in [5, 5.41) is 14.1. The van der Waals surface area contributed by atoms with E-state index in [0.29, 0.717) is 12.1 Å². The number of aliphatic hydroxyl groups excluding tert-OH is 1. The Kier molecular flexibility index (Phi) is 3.31. The van der Waals surface area contributed by atoms with Gasteiger partial charge in [0.2, 0.25) is 0 Å². The number of aromatic nitrogens is 3. The van der Waals surface area contributed by atoms with Gasteiger partial charge in [-0.1, -0.05) is 6.07 Å². The maximum Gasteiger partial charge on any atom is 0.100 e. The number of pyridine rings is 1. The van der Waals surface area contributed by atoms with E-state index in [1.165, 1.54) is 0 Å². The largest absolute Gasteiger partial charge is 0.386 e. The van der Waals surface area contributed by atoms with E-state index in [9.17, 15) is 5.11 Å². The molecule has 0 saturated carbocycles. The average Bonchev–Trinajstić information content (AvgIpc) is 2.78. The predicted molar refractivity (Wildman–Crippen MR) is 60.8 cm³/mol. The second-order valence-corrected chi connectivity index (χ2v) is 3.68. The summed E-state index contributed by atoms with van der Waals surface area (Å²) in [6, 6.07) is 5.54. The average molecular weight is 217 g/mol. The third-order valence-electron chi connectivity index (χ3n) is 2.47. The molecule has 0 aliphatic heterocycles. The lowest BCUT2D eigenvalue weighted by molar-refractivity contribution is 0.173. The molecule has 0 spiro atoms. The first kappa shape index (κ1) is 10.8. The van der Waals surface area contributed by atoms with Crippen molar-refractivity contribution in [2.75, 3.05) is 0 Å². The molecule has 4 nitrogen and oxygen atoms in total. The van der Waals surface area contributed by atoms with Crippen LogP contribution in [0.15, 0.2) is 36.8 Å². The van der Waals surface area contributed by atoms with E-state index in [1.807, 2.05) is 36.0 Å². The lowest BCUT2D eigenvalue weighted by Crippen LogP contribution is -2.03. The highest BCUT2D eigenvalue weighted by atomic mass is 16.3. The molecule has 0 amide bonds. The van der Waals surface area contributed by atoms with Crippen LogP contribution in [-0.2, 0) is 13.0 Å². The first-order valence-electron chi connectivity index (χ1n) is 5.40. The monoisotopic (exact) mass is 217 g/mol. The van der Waals surface area contributed by atoms with Gasteiger partial charge < -0.3 is 5.11 Å². The summed E-state index contributed by atoms with van der Waals surface area (Å²) in [6.07, 6.45) is 5.42. The van der Waals surface area contributed by atoms with Crippen LogP contribution in [0.2, 0.25) is 0 Å². The quantitative estimate of drug-likeness (QED) is 0.845. The Bertz CT molecular complexity index is 439. The third kappa shape index (κ3) is 2.46. The van der Waals surface area contributed by atoms with E-state index < -0.39 is 6.10 Å². The Morgan fingerprint density at radius 3 is 2.94 bits per heavy atom. The van der Waals surface area contributed by atoms with Crippen LogP contribution in [0.25, 0.3) is 0 Å². The second kappa shape index (κ2) is 4.90. The highest BCUT2D eigenvalue weighted by Gasteiger charge is 2.10. The zero-order chi connectivity index (χ0) is 11.4. The number of hydrogen-bond acceptors (Lipinski definition) is 3. The number of hydrogen-bond donors (Lipinski definition) is 1. The fraction of sp³-hybridized carbons (Fsp3) is 0.333. The molecule has 2 aromatic rings. The zero-order valence-electron chi connectivity index (χ0n) is 9.24. The van der Waals surface area contributed by atoms with Crippen molar-refractivity contribution in [2.24, 2.45) is 0 Å². The second-order valence-electron chi connectivity index (χ2n) is 3.68. The molecule has 1 N–H and O–H groups in total. The molecule has 0 radical (unpaired) electrons. The van der Waals surface area contributed by atoms with Gasteiger partial charge in [0.25, 0.3) is 0 Å². The van der Waals surface area contributed by atoms with Crippen molar-refractivity contribution in [3.8, 4) is 0 Å². The van der Waals surface area contributed by atoms with Gasteiger partial charge in [-0.15, -0.1) is 0 Å². The van der Waals surface area contributed by atoms with Crippen LogP contribution < -0.4 is 0 Å². The Balaban J connectivity index is 2.05. The van der Waals surface area contributed by atoms with E-state index in [0.717, 1.165) is 12.1 Å². The SMILES string of the molecule is CCn1cc(CC(O)c2ccccn2)cn1. The Morgan fingerprint density at radius 2 is 2.31 bits per heavy atom. The van der Waals surface area contributed by atoms with Gasteiger partial charge in [0.05, 0.1) is 11.9 Å². The molecule has 16 heavy (non-hydrogen) atoms. The number of rotatable bonds is 4. The minimum Gasteiger partial charge on any atom is -0.386 e. The summed E-state index contributed by atoms with van der Waals surface area (Å²) < 4.78 is 1.85. The summed E-state index contributed by atoms with van der Waals surface area (Å²) in [6.45, 7) is 2.88. The first-order chi connectivity index (χ1) is 7.79. The smallest absolute Gasteiger partial charge is 0.100 e. The third-order valence-corrected chi connectivity index (χ3v) is 2.47. The fourth-order valence-corrected chi connectivity index (χ4v) is 1.59. The summed E-state index contributed by atoms with van der Waals surface area (Å²) in [5.74, 6) is 0.